The average molecular weight is 234 g/mol. The molecular formula is C10H19O4P. The van der Waals surface area contributed by atoms with E-state index in [1.165, 1.54) is 0 Å². The molecule has 0 aromatic heterocycles. The monoisotopic (exact) mass is 234 g/mol. The van der Waals surface area contributed by atoms with Crippen LogP contribution in [0.3, 0.4) is 0 Å². The van der Waals surface area contributed by atoms with Gasteiger partial charge in [0.2, 0.25) is 0 Å². The van der Waals surface area contributed by atoms with E-state index >= 15 is 0 Å². The lowest BCUT2D eigenvalue weighted by Gasteiger charge is -2.06. The first kappa shape index (κ1) is 16.7. The molecule has 0 spiro atoms. The molecule has 0 aromatic carbocycles. The van der Waals surface area contributed by atoms with Crippen molar-refractivity contribution in [3.63, 3.8) is 0 Å². The highest BCUT2D eigenvalue weighted by molar-refractivity contribution is 7.30. The minimum Gasteiger partial charge on any atom is -0.370 e. The van der Waals surface area contributed by atoms with Crippen LogP contribution in [0.2, 0.25) is 0 Å². The van der Waals surface area contributed by atoms with E-state index in [2.05, 4.69) is 13.2 Å². The van der Waals surface area contributed by atoms with Crippen molar-refractivity contribution in [2.75, 3.05) is 6.61 Å². The molecule has 88 valence electrons. The second-order valence-electron chi connectivity index (χ2n) is 2.72. The largest absolute Gasteiger partial charge is 0.370 e. The van der Waals surface area contributed by atoms with E-state index in [4.69, 9.17) is 19.1 Å². The zero-order chi connectivity index (χ0) is 12.3. The van der Waals surface area contributed by atoms with Gasteiger partial charge in [-0.25, -0.2) is 0 Å². The van der Waals surface area contributed by atoms with Crippen molar-refractivity contribution in [1.82, 2.24) is 0 Å². The third-order valence-corrected chi connectivity index (χ3v) is 1.30. The lowest BCUT2D eigenvalue weighted by atomic mass is 10.2. The van der Waals surface area contributed by atoms with E-state index in [1.807, 2.05) is 26.0 Å². The SMILES string of the molecule is C=CCOC(C)C=C(C)C=C.O=[PH](O)O. The number of ether oxygens (including phenoxy) is 1. The van der Waals surface area contributed by atoms with Crippen LogP contribution in [0, 0.1) is 0 Å². The fourth-order valence-electron chi connectivity index (χ4n) is 0.706. The van der Waals surface area contributed by atoms with E-state index in [-0.39, 0.29) is 6.10 Å². The van der Waals surface area contributed by atoms with Crippen LogP contribution in [0.15, 0.2) is 37.0 Å². The Labute approximate surface area is 91.5 Å². The molecule has 15 heavy (non-hydrogen) atoms. The molecule has 1 unspecified atom stereocenters. The summed E-state index contributed by atoms with van der Waals surface area (Å²) < 4.78 is 14.1. The first-order chi connectivity index (χ1) is 6.93. The highest BCUT2D eigenvalue weighted by atomic mass is 31.1. The average Bonchev–Trinajstić information content (AvgIpc) is 2.13. The number of hydrogen-bond acceptors (Lipinski definition) is 2. The summed E-state index contributed by atoms with van der Waals surface area (Å²) in [6.07, 6.45) is 5.73. The second kappa shape index (κ2) is 11.4. The third kappa shape index (κ3) is 19.7. The predicted octanol–water partition coefficient (Wildman–Crippen LogP) is 2.07. The quantitative estimate of drug-likeness (QED) is 0.434. The van der Waals surface area contributed by atoms with Crippen LogP contribution < -0.4 is 0 Å². The van der Waals surface area contributed by atoms with E-state index in [0.29, 0.717) is 6.61 Å². The zero-order valence-electron chi connectivity index (χ0n) is 9.14. The first-order valence-electron chi connectivity index (χ1n) is 4.39. The van der Waals surface area contributed by atoms with Crippen molar-refractivity contribution in [3.05, 3.63) is 37.0 Å². The van der Waals surface area contributed by atoms with Gasteiger partial charge in [-0.3, -0.25) is 4.57 Å². The van der Waals surface area contributed by atoms with Crippen molar-refractivity contribution in [2.24, 2.45) is 0 Å². The Morgan fingerprint density at radius 2 is 2.00 bits per heavy atom. The van der Waals surface area contributed by atoms with Gasteiger partial charge >= 0.3 is 8.25 Å². The molecule has 0 aliphatic carbocycles. The van der Waals surface area contributed by atoms with Crippen LogP contribution in [0.5, 0.6) is 0 Å². The molecule has 5 heteroatoms. The van der Waals surface area contributed by atoms with Gasteiger partial charge in [0.15, 0.2) is 0 Å². The van der Waals surface area contributed by atoms with Gasteiger partial charge in [-0.2, -0.15) is 0 Å². The molecular weight excluding hydrogens is 215 g/mol. The Kier molecular flexibility index (Phi) is 12.7. The molecule has 0 bridgehead atoms. The molecule has 0 amide bonds. The van der Waals surface area contributed by atoms with Crippen LogP contribution in [-0.4, -0.2) is 22.5 Å². The first-order valence-corrected chi connectivity index (χ1v) is 5.69. The van der Waals surface area contributed by atoms with Crippen LogP contribution >= 0.6 is 8.25 Å². The standard InChI is InChI=1S/C10H16O.H3O3P/c1-5-7-11-10(4)8-9(3)6-2;1-4(2)3/h5-6,8,10H,1-2,7H2,3-4H3;4H,(H2,1,2,3). The molecule has 0 saturated carbocycles. The van der Waals surface area contributed by atoms with Gasteiger partial charge < -0.3 is 14.5 Å². The Balaban J connectivity index is 0. The lowest BCUT2D eigenvalue weighted by Crippen LogP contribution is -2.04. The second-order valence-corrected chi connectivity index (χ2v) is 3.29. The van der Waals surface area contributed by atoms with Crippen molar-refractivity contribution in [3.8, 4) is 0 Å². The number of allylic oxidation sites excluding steroid dienone is 2. The van der Waals surface area contributed by atoms with Crippen LogP contribution in [-0.2, 0) is 9.30 Å². The molecule has 1 atom stereocenters. The zero-order valence-corrected chi connectivity index (χ0v) is 10.1. The van der Waals surface area contributed by atoms with E-state index < -0.39 is 8.25 Å². The van der Waals surface area contributed by atoms with Gasteiger partial charge in [-0.1, -0.05) is 30.4 Å². The minimum atomic E-state index is -3.13. The van der Waals surface area contributed by atoms with E-state index in [0.717, 1.165) is 5.57 Å². The smallest absolute Gasteiger partial charge is 0.314 e. The number of rotatable bonds is 5. The molecule has 0 aromatic rings. The normalized spacial score (nSPS) is 12.7. The summed E-state index contributed by atoms with van der Waals surface area (Å²) in [5.74, 6) is 0. The number of hydrogen-bond donors (Lipinski definition) is 2. The Morgan fingerprint density at radius 3 is 2.33 bits per heavy atom. The van der Waals surface area contributed by atoms with Gasteiger partial charge in [0.25, 0.3) is 0 Å². The maximum atomic E-state index is 8.74. The Morgan fingerprint density at radius 1 is 1.53 bits per heavy atom. The van der Waals surface area contributed by atoms with Crippen LogP contribution in [0.1, 0.15) is 13.8 Å². The summed E-state index contributed by atoms with van der Waals surface area (Å²) in [5, 5.41) is 0. The highest BCUT2D eigenvalue weighted by Crippen LogP contribution is 2.00. The van der Waals surface area contributed by atoms with Crippen molar-refractivity contribution < 1.29 is 19.1 Å². The maximum absolute atomic E-state index is 8.74. The summed E-state index contributed by atoms with van der Waals surface area (Å²) in [7, 11) is -3.13. The molecule has 0 aliphatic heterocycles. The van der Waals surface area contributed by atoms with Crippen molar-refractivity contribution in [2.45, 2.75) is 20.0 Å². The molecule has 0 rings (SSSR count). The fourth-order valence-corrected chi connectivity index (χ4v) is 0.706. The van der Waals surface area contributed by atoms with Gasteiger partial charge in [0.05, 0.1) is 12.7 Å². The third-order valence-electron chi connectivity index (χ3n) is 1.30. The minimum absolute atomic E-state index is 0.144. The van der Waals surface area contributed by atoms with Gasteiger partial charge in [-0.05, 0) is 13.8 Å². The molecule has 0 heterocycles. The van der Waals surface area contributed by atoms with Gasteiger partial charge in [-0.15, -0.1) is 6.58 Å². The summed E-state index contributed by atoms with van der Waals surface area (Å²) in [6.45, 7) is 11.8. The molecule has 0 fully saturated rings. The fraction of sp³-hybridized carbons (Fsp3) is 0.400. The maximum Gasteiger partial charge on any atom is 0.314 e. The topological polar surface area (TPSA) is 66.8 Å². The van der Waals surface area contributed by atoms with E-state index in [9.17, 15) is 0 Å². The lowest BCUT2D eigenvalue weighted by molar-refractivity contribution is 0.123. The van der Waals surface area contributed by atoms with E-state index in [1.54, 1.807) is 6.08 Å². The van der Waals surface area contributed by atoms with Crippen LogP contribution in [0.4, 0.5) is 0 Å². The molecule has 0 saturated heterocycles. The molecule has 4 nitrogen and oxygen atoms in total. The highest BCUT2D eigenvalue weighted by Gasteiger charge is 1.94. The molecule has 2 N–H and O–H groups in total. The Bertz CT molecular complexity index is 232. The van der Waals surface area contributed by atoms with Crippen molar-refractivity contribution >= 4 is 8.25 Å². The van der Waals surface area contributed by atoms with Gasteiger partial charge in [0.1, 0.15) is 0 Å². The summed E-state index contributed by atoms with van der Waals surface area (Å²) in [6, 6.07) is 0. The Hall–Kier alpha value is -0.670. The van der Waals surface area contributed by atoms with Crippen LogP contribution in [0.25, 0.3) is 0 Å². The van der Waals surface area contributed by atoms with Gasteiger partial charge in [0, 0.05) is 0 Å². The molecule has 0 aliphatic rings. The summed E-state index contributed by atoms with van der Waals surface area (Å²) in [5.41, 5.74) is 1.14. The summed E-state index contributed by atoms with van der Waals surface area (Å²) in [4.78, 5) is 14.3. The predicted molar refractivity (Wildman–Crippen MR) is 63.0 cm³/mol. The molecule has 0 radical (unpaired) electrons. The summed E-state index contributed by atoms with van der Waals surface area (Å²) >= 11 is 0. The van der Waals surface area contributed by atoms with Crippen molar-refractivity contribution in [1.29, 1.82) is 0 Å².